The molecule has 3 aromatic rings. The predicted molar refractivity (Wildman–Crippen MR) is 92.4 cm³/mol. The van der Waals surface area contributed by atoms with E-state index in [2.05, 4.69) is 10.4 Å². The molecular weight excluding hydrogens is 310 g/mol. The van der Waals surface area contributed by atoms with E-state index in [0.717, 1.165) is 11.4 Å². The van der Waals surface area contributed by atoms with Crippen LogP contribution in [-0.4, -0.2) is 15.7 Å². The maximum atomic E-state index is 12.4. The highest BCUT2D eigenvalue weighted by molar-refractivity contribution is 6.30. The van der Waals surface area contributed by atoms with Gasteiger partial charge in [0.05, 0.1) is 11.4 Å². The van der Waals surface area contributed by atoms with Crippen LogP contribution in [0.15, 0.2) is 54.6 Å². The molecule has 0 aliphatic rings. The standard InChI is InChI=1S/C18H16ClN3O/c1-12-3-9-16(10-4-12)22-17(11-13(2)21-22)20-18(23)14-5-7-15(19)8-6-14/h3-11H,1-2H3,(H,20,23). The van der Waals surface area contributed by atoms with Crippen molar-refractivity contribution >= 4 is 23.3 Å². The second-order valence-electron chi connectivity index (χ2n) is 5.38. The van der Waals surface area contributed by atoms with Crippen molar-refractivity contribution in [2.75, 3.05) is 5.32 Å². The van der Waals surface area contributed by atoms with Crippen molar-refractivity contribution in [3.8, 4) is 5.69 Å². The molecule has 4 nitrogen and oxygen atoms in total. The highest BCUT2D eigenvalue weighted by atomic mass is 35.5. The number of carbonyl (C=O) groups excluding carboxylic acids is 1. The van der Waals surface area contributed by atoms with Crippen molar-refractivity contribution in [3.05, 3.63) is 76.4 Å². The molecule has 2 aromatic carbocycles. The lowest BCUT2D eigenvalue weighted by Crippen LogP contribution is -2.15. The third-order valence-electron chi connectivity index (χ3n) is 3.46. The zero-order valence-corrected chi connectivity index (χ0v) is 13.6. The van der Waals surface area contributed by atoms with Crippen molar-refractivity contribution < 1.29 is 4.79 Å². The normalized spacial score (nSPS) is 10.6. The van der Waals surface area contributed by atoms with Gasteiger partial charge in [-0.05, 0) is 50.2 Å². The molecule has 1 heterocycles. The smallest absolute Gasteiger partial charge is 0.256 e. The molecule has 116 valence electrons. The number of rotatable bonds is 3. The van der Waals surface area contributed by atoms with Crippen LogP contribution in [0, 0.1) is 13.8 Å². The zero-order valence-electron chi connectivity index (χ0n) is 12.9. The monoisotopic (exact) mass is 325 g/mol. The first-order valence-electron chi connectivity index (χ1n) is 7.23. The Morgan fingerprint density at radius 3 is 2.35 bits per heavy atom. The number of aromatic nitrogens is 2. The Hall–Kier alpha value is -2.59. The zero-order chi connectivity index (χ0) is 16.4. The third kappa shape index (κ3) is 3.43. The fourth-order valence-corrected chi connectivity index (χ4v) is 2.39. The summed E-state index contributed by atoms with van der Waals surface area (Å²) in [5.41, 5.74) is 3.44. The van der Waals surface area contributed by atoms with Crippen LogP contribution in [0.4, 0.5) is 5.82 Å². The van der Waals surface area contributed by atoms with Gasteiger partial charge in [-0.3, -0.25) is 4.79 Å². The Bertz CT molecular complexity index is 836. The molecule has 0 aliphatic heterocycles. The number of hydrogen-bond acceptors (Lipinski definition) is 2. The molecule has 0 saturated heterocycles. The predicted octanol–water partition coefficient (Wildman–Crippen LogP) is 4.39. The number of halogens is 1. The Morgan fingerprint density at radius 1 is 1.04 bits per heavy atom. The van der Waals surface area contributed by atoms with Gasteiger partial charge in [-0.25, -0.2) is 4.68 Å². The number of hydrogen-bond donors (Lipinski definition) is 1. The summed E-state index contributed by atoms with van der Waals surface area (Å²) >= 11 is 5.85. The molecule has 0 aliphatic carbocycles. The summed E-state index contributed by atoms with van der Waals surface area (Å²) in [5.74, 6) is 0.432. The summed E-state index contributed by atoms with van der Waals surface area (Å²) < 4.78 is 1.72. The van der Waals surface area contributed by atoms with Crippen molar-refractivity contribution in [1.29, 1.82) is 0 Å². The van der Waals surface area contributed by atoms with Gasteiger partial charge in [-0.15, -0.1) is 0 Å². The maximum absolute atomic E-state index is 12.4. The first kappa shape index (κ1) is 15.3. The summed E-state index contributed by atoms with van der Waals surface area (Å²) in [5, 5.41) is 7.95. The molecule has 0 spiro atoms. The molecule has 0 bridgehead atoms. The van der Waals surface area contributed by atoms with Crippen molar-refractivity contribution in [2.45, 2.75) is 13.8 Å². The van der Waals surface area contributed by atoms with Crippen LogP contribution in [0.2, 0.25) is 5.02 Å². The van der Waals surface area contributed by atoms with Crippen LogP contribution in [0.5, 0.6) is 0 Å². The molecule has 23 heavy (non-hydrogen) atoms. The maximum Gasteiger partial charge on any atom is 0.256 e. The molecule has 1 N–H and O–H groups in total. The quantitative estimate of drug-likeness (QED) is 0.776. The van der Waals surface area contributed by atoms with E-state index in [0.29, 0.717) is 16.4 Å². The largest absolute Gasteiger partial charge is 0.306 e. The minimum Gasteiger partial charge on any atom is -0.306 e. The number of anilines is 1. The lowest BCUT2D eigenvalue weighted by molar-refractivity contribution is 0.102. The van der Waals surface area contributed by atoms with E-state index >= 15 is 0 Å². The van der Waals surface area contributed by atoms with Gasteiger partial charge in [0, 0.05) is 16.7 Å². The van der Waals surface area contributed by atoms with Crippen molar-refractivity contribution in [1.82, 2.24) is 9.78 Å². The lowest BCUT2D eigenvalue weighted by atomic mass is 10.2. The number of nitrogens with one attached hydrogen (secondary N) is 1. The van der Waals surface area contributed by atoms with E-state index in [9.17, 15) is 4.79 Å². The van der Waals surface area contributed by atoms with Crippen LogP contribution >= 0.6 is 11.6 Å². The molecule has 1 amide bonds. The minimum atomic E-state index is -0.199. The van der Waals surface area contributed by atoms with E-state index in [1.807, 2.05) is 44.2 Å². The average molecular weight is 326 g/mol. The highest BCUT2D eigenvalue weighted by Gasteiger charge is 2.12. The molecule has 0 fully saturated rings. The van der Waals surface area contributed by atoms with E-state index in [1.54, 1.807) is 28.9 Å². The highest BCUT2D eigenvalue weighted by Crippen LogP contribution is 2.19. The first-order valence-corrected chi connectivity index (χ1v) is 7.61. The summed E-state index contributed by atoms with van der Waals surface area (Å²) in [6.45, 7) is 3.92. The SMILES string of the molecule is Cc1ccc(-n2nc(C)cc2NC(=O)c2ccc(Cl)cc2)cc1. The number of benzene rings is 2. The van der Waals surface area contributed by atoms with Crippen molar-refractivity contribution in [3.63, 3.8) is 0 Å². The summed E-state index contributed by atoms with van der Waals surface area (Å²) in [7, 11) is 0. The van der Waals surface area contributed by atoms with Gasteiger partial charge < -0.3 is 5.32 Å². The van der Waals surface area contributed by atoms with E-state index in [1.165, 1.54) is 5.56 Å². The molecule has 0 atom stereocenters. The van der Waals surface area contributed by atoms with Gasteiger partial charge in [0.25, 0.3) is 5.91 Å². The fraction of sp³-hybridized carbons (Fsp3) is 0.111. The molecule has 0 saturated carbocycles. The van der Waals surface area contributed by atoms with Crippen LogP contribution in [0.25, 0.3) is 5.69 Å². The summed E-state index contributed by atoms with van der Waals surface area (Å²) in [6.07, 6.45) is 0. The van der Waals surface area contributed by atoms with Gasteiger partial charge in [-0.2, -0.15) is 5.10 Å². The van der Waals surface area contributed by atoms with Gasteiger partial charge in [0.2, 0.25) is 0 Å². The molecule has 1 aromatic heterocycles. The van der Waals surface area contributed by atoms with E-state index < -0.39 is 0 Å². The lowest BCUT2D eigenvalue weighted by Gasteiger charge is -2.09. The van der Waals surface area contributed by atoms with Crippen LogP contribution in [0.3, 0.4) is 0 Å². The summed E-state index contributed by atoms with van der Waals surface area (Å²) in [6, 6.07) is 16.6. The molecule has 3 rings (SSSR count). The molecule has 0 radical (unpaired) electrons. The topological polar surface area (TPSA) is 46.9 Å². The Labute approximate surface area is 139 Å². The average Bonchev–Trinajstić information content (AvgIpc) is 2.89. The van der Waals surface area contributed by atoms with Crippen LogP contribution in [0.1, 0.15) is 21.6 Å². The second kappa shape index (κ2) is 6.26. The third-order valence-corrected chi connectivity index (χ3v) is 3.71. The van der Waals surface area contributed by atoms with Crippen LogP contribution < -0.4 is 5.32 Å². The number of aryl methyl sites for hydroxylation is 2. The van der Waals surface area contributed by atoms with Gasteiger partial charge in [0.15, 0.2) is 0 Å². The molecular formula is C18H16ClN3O. The first-order chi connectivity index (χ1) is 11.0. The fourth-order valence-electron chi connectivity index (χ4n) is 2.26. The molecule has 0 unspecified atom stereocenters. The number of carbonyl (C=O) groups is 1. The van der Waals surface area contributed by atoms with E-state index in [4.69, 9.17) is 11.6 Å². The number of amides is 1. The number of nitrogens with zero attached hydrogens (tertiary/aromatic N) is 2. The van der Waals surface area contributed by atoms with Crippen molar-refractivity contribution in [2.24, 2.45) is 0 Å². The van der Waals surface area contributed by atoms with Gasteiger partial charge in [-0.1, -0.05) is 29.3 Å². The Kier molecular flexibility index (Phi) is 4.17. The minimum absolute atomic E-state index is 0.199. The second-order valence-corrected chi connectivity index (χ2v) is 5.82. The Balaban J connectivity index is 1.90. The molecule has 5 heteroatoms. The van der Waals surface area contributed by atoms with E-state index in [-0.39, 0.29) is 5.91 Å². The van der Waals surface area contributed by atoms with Crippen LogP contribution in [-0.2, 0) is 0 Å². The Morgan fingerprint density at radius 2 is 1.70 bits per heavy atom. The van der Waals surface area contributed by atoms with Gasteiger partial charge >= 0.3 is 0 Å². The summed E-state index contributed by atoms with van der Waals surface area (Å²) in [4.78, 5) is 12.4. The van der Waals surface area contributed by atoms with Gasteiger partial charge in [0.1, 0.15) is 5.82 Å².